The second-order valence-corrected chi connectivity index (χ2v) is 8.69. The molecule has 0 bridgehead atoms. The van der Waals surface area contributed by atoms with E-state index in [0.29, 0.717) is 6.42 Å². The number of ether oxygens (including phenoxy) is 2. The van der Waals surface area contributed by atoms with Crippen LogP contribution in [-0.2, 0) is 9.53 Å². The number of carbonyl (C=O) groups excluding carboxylic acids is 1. The van der Waals surface area contributed by atoms with Crippen LogP contribution in [0.25, 0.3) is 0 Å². The van der Waals surface area contributed by atoms with E-state index in [2.05, 4.69) is 20.4 Å². The van der Waals surface area contributed by atoms with E-state index >= 15 is 0 Å². The molecular formula is C26H38F2O3. The molecule has 174 valence electrons. The summed E-state index contributed by atoms with van der Waals surface area (Å²) in [5.41, 5.74) is 0.737. The number of unbranched alkanes of at least 4 members (excludes halogenated alkanes) is 1. The molecule has 1 atom stereocenters. The maximum Gasteiger partial charge on any atom is 0.330 e. The van der Waals surface area contributed by atoms with E-state index in [0.717, 1.165) is 49.2 Å². The third-order valence-electron chi connectivity index (χ3n) is 6.46. The van der Waals surface area contributed by atoms with Crippen molar-refractivity contribution in [2.45, 2.75) is 84.0 Å². The van der Waals surface area contributed by atoms with E-state index in [1.165, 1.54) is 44.2 Å². The molecule has 1 fully saturated rings. The average molecular weight is 437 g/mol. The van der Waals surface area contributed by atoms with Crippen molar-refractivity contribution < 1.29 is 23.0 Å². The minimum atomic E-state index is -0.660. The van der Waals surface area contributed by atoms with Gasteiger partial charge in [-0.1, -0.05) is 52.5 Å². The highest BCUT2D eigenvalue weighted by atomic mass is 19.1. The molecule has 1 aromatic carbocycles. The zero-order valence-electron chi connectivity index (χ0n) is 19.1. The van der Waals surface area contributed by atoms with Crippen LogP contribution in [0.4, 0.5) is 8.78 Å². The fraction of sp³-hybridized carbons (Fsp3) is 0.654. The Bertz CT molecular complexity index is 673. The van der Waals surface area contributed by atoms with Gasteiger partial charge in [0.25, 0.3) is 0 Å². The molecule has 0 spiro atoms. The van der Waals surface area contributed by atoms with Crippen molar-refractivity contribution in [2.75, 3.05) is 13.2 Å². The van der Waals surface area contributed by atoms with Crippen molar-refractivity contribution in [1.82, 2.24) is 0 Å². The summed E-state index contributed by atoms with van der Waals surface area (Å²) < 4.78 is 39.2. The van der Waals surface area contributed by atoms with Crippen LogP contribution in [0.15, 0.2) is 24.8 Å². The van der Waals surface area contributed by atoms with Crippen LogP contribution in [0, 0.1) is 23.5 Å². The van der Waals surface area contributed by atoms with Gasteiger partial charge >= 0.3 is 5.97 Å². The van der Waals surface area contributed by atoms with Gasteiger partial charge in [0.1, 0.15) is 0 Å². The Labute approximate surface area is 186 Å². The Hall–Kier alpha value is -1.91. The van der Waals surface area contributed by atoms with Gasteiger partial charge in [0, 0.05) is 12.5 Å². The standard InChI is InChI=1S/C26H38F2O3/c1-4-7-10-19(9-5-2)20-11-13-21(14-12-20)22-17-23(27)26(24(28)18-22)31-16-8-15-30-25(29)6-3/h6,17-21H,3-5,7-16H2,1-2H3. The van der Waals surface area contributed by atoms with E-state index in [1.54, 1.807) is 0 Å². The van der Waals surface area contributed by atoms with Crippen molar-refractivity contribution in [1.29, 1.82) is 0 Å². The molecule has 1 saturated carbocycles. The summed E-state index contributed by atoms with van der Waals surface area (Å²) in [4.78, 5) is 11.0. The monoisotopic (exact) mass is 436 g/mol. The summed E-state index contributed by atoms with van der Waals surface area (Å²) in [7, 11) is 0. The molecule has 0 aliphatic heterocycles. The zero-order valence-corrected chi connectivity index (χ0v) is 19.1. The summed E-state index contributed by atoms with van der Waals surface area (Å²) in [6.07, 6.45) is 12.0. The zero-order chi connectivity index (χ0) is 22.6. The Morgan fingerprint density at radius 2 is 1.74 bits per heavy atom. The Kier molecular flexibility index (Phi) is 11.0. The van der Waals surface area contributed by atoms with E-state index in [1.807, 2.05) is 0 Å². The number of esters is 1. The molecule has 2 rings (SSSR count). The van der Waals surface area contributed by atoms with Gasteiger partial charge in [0.15, 0.2) is 17.4 Å². The summed E-state index contributed by atoms with van der Waals surface area (Å²) in [5, 5.41) is 0. The van der Waals surface area contributed by atoms with E-state index < -0.39 is 17.6 Å². The average Bonchev–Trinajstić information content (AvgIpc) is 2.77. The van der Waals surface area contributed by atoms with E-state index in [-0.39, 0.29) is 24.9 Å². The Morgan fingerprint density at radius 1 is 1.06 bits per heavy atom. The number of carbonyl (C=O) groups is 1. The third-order valence-corrected chi connectivity index (χ3v) is 6.46. The first kappa shape index (κ1) is 25.4. The van der Waals surface area contributed by atoms with Gasteiger partial charge in [-0.05, 0) is 61.1 Å². The lowest BCUT2D eigenvalue weighted by molar-refractivity contribution is -0.137. The molecule has 0 N–H and O–H groups in total. The maximum absolute atomic E-state index is 14.5. The number of hydrogen-bond donors (Lipinski definition) is 0. The smallest absolute Gasteiger partial charge is 0.330 e. The molecule has 1 aliphatic carbocycles. The van der Waals surface area contributed by atoms with Gasteiger partial charge in [-0.3, -0.25) is 0 Å². The second-order valence-electron chi connectivity index (χ2n) is 8.69. The molecule has 0 heterocycles. The Morgan fingerprint density at radius 3 is 2.32 bits per heavy atom. The van der Waals surface area contributed by atoms with Crippen LogP contribution < -0.4 is 4.74 Å². The molecule has 31 heavy (non-hydrogen) atoms. The molecule has 1 aromatic rings. The lowest BCUT2D eigenvalue weighted by Crippen LogP contribution is -2.21. The molecule has 1 aliphatic rings. The lowest BCUT2D eigenvalue weighted by atomic mass is 9.71. The largest absolute Gasteiger partial charge is 0.487 e. The Balaban J connectivity index is 1.88. The van der Waals surface area contributed by atoms with Crippen molar-refractivity contribution in [3.05, 3.63) is 42.0 Å². The van der Waals surface area contributed by atoms with Gasteiger partial charge in [-0.2, -0.15) is 0 Å². The summed E-state index contributed by atoms with van der Waals surface area (Å²) in [5.74, 6) is -0.450. The highest BCUT2D eigenvalue weighted by molar-refractivity contribution is 5.81. The molecule has 5 heteroatoms. The van der Waals surface area contributed by atoms with Crippen LogP contribution in [0.2, 0.25) is 0 Å². The fourth-order valence-corrected chi connectivity index (χ4v) is 4.79. The molecule has 0 saturated heterocycles. The van der Waals surface area contributed by atoms with Crippen molar-refractivity contribution in [3.63, 3.8) is 0 Å². The van der Waals surface area contributed by atoms with Gasteiger partial charge in [-0.25, -0.2) is 13.6 Å². The predicted molar refractivity (Wildman–Crippen MR) is 120 cm³/mol. The van der Waals surface area contributed by atoms with Gasteiger partial charge in [-0.15, -0.1) is 0 Å². The van der Waals surface area contributed by atoms with Crippen molar-refractivity contribution >= 4 is 5.97 Å². The molecule has 0 aromatic heterocycles. The van der Waals surface area contributed by atoms with Gasteiger partial charge in [0.05, 0.1) is 13.2 Å². The van der Waals surface area contributed by atoms with Crippen molar-refractivity contribution in [3.8, 4) is 5.75 Å². The van der Waals surface area contributed by atoms with Crippen LogP contribution in [-0.4, -0.2) is 19.2 Å². The molecule has 0 radical (unpaired) electrons. The van der Waals surface area contributed by atoms with Gasteiger partial charge < -0.3 is 9.47 Å². The summed E-state index contributed by atoms with van der Waals surface area (Å²) in [6, 6.07) is 2.86. The summed E-state index contributed by atoms with van der Waals surface area (Å²) in [6.45, 7) is 7.99. The van der Waals surface area contributed by atoms with Crippen LogP contribution >= 0.6 is 0 Å². The number of benzene rings is 1. The topological polar surface area (TPSA) is 35.5 Å². The fourth-order valence-electron chi connectivity index (χ4n) is 4.79. The summed E-state index contributed by atoms with van der Waals surface area (Å²) >= 11 is 0. The highest BCUT2D eigenvalue weighted by Crippen LogP contribution is 2.42. The normalized spacial score (nSPS) is 19.6. The predicted octanol–water partition coefficient (Wildman–Crippen LogP) is 7.34. The van der Waals surface area contributed by atoms with Crippen molar-refractivity contribution in [2.24, 2.45) is 11.8 Å². The second kappa shape index (κ2) is 13.5. The molecule has 0 amide bonds. The van der Waals surface area contributed by atoms with Gasteiger partial charge in [0.2, 0.25) is 0 Å². The molecule has 3 nitrogen and oxygen atoms in total. The first-order chi connectivity index (χ1) is 15.0. The minimum Gasteiger partial charge on any atom is -0.487 e. The number of halogens is 2. The van der Waals surface area contributed by atoms with Crippen LogP contribution in [0.1, 0.15) is 89.5 Å². The maximum atomic E-state index is 14.5. The van der Waals surface area contributed by atoms with E-state index in [4.69, 9.17) is 9.47 Å². The van der Waals surface area contributed by atoms with Crippen LogP contribution in [0.5, 0.6) is 5.75 Å². The quantitative estimate of drug-likeness (QED) is 0.184. The van der Waals surface area contributed by atoms with Crippen LogP contribution in [0.3, 0.4) is 0 Å². The minimum absolute atomic E-state index is 0.0687. The number of rotatable bonds is 13. The third kappa shape index (κ3) is 7.93. The highest BCUT2D eigenvalue weighted by Gasteiger charge is 2.28. The first-order valence-electron chi connectivity index (χ1n) is 11.9. The van der Waals surface area contributed by atoms with E-state index in [9.17, 15) is 13.6 Å². The lowest BCUT2D eigenvalue weighted by Gasteiger charge is -2.34. The SMILES string of the molecule is C=CC(=O)OCCCOc1c(F)cc(C2CCC(C(CCC)CCCC)CC2)cc1F. The molecule has 1 unspecified atom stereocenters. The molecular weight excluding hydrogens is 398 g/mol. The number of hydrogen-bond acceptors (Lipinski definition) is 3. The first-order valence-corrected chi connectivity index (χ1v) is 11.9.